The van der Waals surface area contributed by atoms with E-state index in [2.05, 4.69) is 15.4 Å². The summed E-state index contributed by atoms with van der Waals surface area (Å²) in [5, 5.41) is 7.67. The molecular weight excluding hydrogens is 192 g/mol. The Labute approximate surface area is 89.8 Å². The minimum absolute atomic E-state index is 0.457. The van der Waals surface area contributed by atoms with E-state index in [9.17, 15) is 0 Å². The van der Waals surface area contributed by atoms with Crippen molar-refractivity contribution < 1.29 is 4.74 Å². The molecule has 1 fully saturated rings. The molecule has 1 saturated carbocycles. The van der Waals surface area contributed by atoms with Crippen molar-refractivity contribution in [3.8, 4) is 0 Å². The number of aromatic nitrogens is 3. The van der Waals surface area contributed by atoms with Crippen LogP contribution in [0.5, 0.6) is 0 Å². The molecule has 0 radical (unpaired) electrons. The van der Waals surface area contributed by atoms with Crippen molar-refractivity contribution in [1.82, 2.24) is 20.1 Å². The molecular formula is C10H18N4O. The fourth-order valence-electron chi connectivity index (χ4n) is 1.73. The number of aryl methyl sites for hydroxylation is 1. The molecule has 0 saturated heterocycles. The molecule has 1 aliphatic carbocycles. The van der Waals surface area contributed by atoms with E-state index in [1.165, 1.54) is 12.8 Å². The average molecular weight is 210 g/mol. The molecule has 1 aromatic rings. The van der Waals surface area contributed by atoms with Gasteiger partial charge in [0.1, 0.15) is 6.33 Å². The van der Waals surface area contributed by atoms with Crippen LogP contribution >= 0.6 is 0 Å². The first-order chi connectivity index (χ1) is 7.29. The molecule has 0 amide bonds. The predicted molar refractivity (Wildman–Crippen MR) is 56.2 cm³/mol. The van der Waals surface area contributed by atoms with Gasteiger partial charge in [0.25, 0.3) is 0 Å². The van der Waals surface area contributed by atoms with Gasteiger partial charge in [-0.3, -0.25) is 4.68 Å². The molecule has 1 N–H and O–H groups in total. The van der Waals surface area contributed by atoms with Crippen LogP contribution in [0.2, 0.25) is 0 Å². The molecule has 2 rings (SSSR count). The summed E-state index contributed by atoms with van der Waals surface area (Å²) >= 11 is 0. The molecule has 1 aliphatic rings. The quantitative estimate of drug-likeness (QED) is 0.735. The van der Waals surface area contributed by atoms with Gasteiger partial charge in [0, 0.05) is 20.2 Å². The fraction of sp³-hybridized carbons (Fsp3) is 0.800. The Morgan fingerprint density at radius 3 is 3.00 bits per heavy atom. The van der Waals surface area contributed by atoms with Crippen LogP contribution in [0.3, 0.4) is 0 Å². The summed E-state index contributed by atoms with van der Waals surface area (Å²) in [5.74, 6) is 1.63. The van der Waals surface area contributed by atoms with Gasteiger partial charge in [-0.2, -0.15) is 5.10 Å². The second-order valence-corrected chi connectivity index (χ2v) is 4.11. The second-order valence-electron chi connectivity index (χ2n) is 4.11. The summed E-state index contributed by atoms with van der Waals surface area (Å²) < 4.78 is 6.91. The van der Waals surface area contributed by atoms with Crippen LogP contribution < -0.4 is 5.32 Å². The summed E-state index contributed by atoms with van der Waals surface area (Å²) in [5.41, 5.74) is 0. The molecule has 5 heteroatoms. The highest BCUT2D eigenvalue weighted by molar-refractivity contribution is 4.89. The number of hydrogen-bond donors (Lipinski definition) is 1. The van der Waals surface area contributed by atoms with Gasteiger partial charge in [0.2, 0.25) is 0 Å². The van der Waals surface area contributed by atoms with Gasteiger partial charge in [0.15, 0.2) is 5.82 Å². The Bertz CT molecular complexity index is 308. The SMILES string of the molecule is COCC(NCc1ncn(C)n1)C1CC1. The minimum atomic E-state index is 0.457. The topological polar surface area (TPSA) is 52.0 Å². The molecule has 84 valence electrons. The van der Waals surface area contributed by atoms with Gasteiger partial charge < -0.3 is 10.1 Å². The molecule has 0 aromatic carbocycles. The maximum absolute atomic E-state index is 5.19. The zero-order valence-electron chi connectivity index (χ0n) is 9.31. The number of nitrogens with one attached hydrogen (secondary N) is 1. The van der Waals surface area contributed by atoms with Gasteiger partial charge in [0.05, 0.1) is 13.2 Å². The number of rotatable bonds is 6. The van der Waals surface area contributed by atoms with Crippen molar-refractivity contribution in [1.29, 1.82) is 0 Å². The van der Waals surface area contributed by atoms with Crippen LogP contribution in [0.25, 0.3) is 0 Å². The van der Waals surface area contributed by atoms with Crippen molar-refractivity contribution >= 4 is 0 Å². The van der Waals surface area contributed by atoms with Crippen molar-refractivity contribution in [2.24, 2.45) is 13.0 Å². The van der Waals surface area contributed by atoms with E-state index in [1.807, 2.05) is 7.05 Å². The van der Waals surface area contributed by atoms with E-state index in [-0.39, 0.29) is 0 Å². The minimum Gasteiger partial charge on any atom is -0.383 e. The summed E-state index contributed by atoms with van der Waals surface area (Å²) in [6, 6.07) is 0.457. The van der Waals surface area contributed by atoms with E-state index < -0.39 is 0 Å². The zero-order valence-corrected chi connectivity index (χ0v) is 9.31. The lowest BCUT2D eigenvalue weighted by molar-refractivity contribution is 0.156. The third-order valence-corrected chi connectivity index (χ3v) is 2.71. The number of nitrogens with zero attached hydrogens (tertiary/aromatic N) is 3. The standard InChI is InChI=1S/C10H18N4O/c1-14-7-12-10(13-14)5-11-9(6-15-2)8-3-4-8/h7-9,11H,3-6H2,1-2H3. The fourth-order valence-corrected chi connectivity index (χ4v) is 1.73. The lowest BCUT2D eigenvalue weighted by atomic mass is 10.2. The molecule has 0 spiro atoms. The Kier molecular flexibility index (Phi) is 3.33. The Morgan fingerprint density at radius 2 is 2.47 bits per heavy atom. The Morgan fingerprint density at radius 1 is 1.67 bits per heavy atom. The smallest absolute Gasteiger partial charge is 0.164 e. The predicted octanol–water partition coefficient (Wildman–Crippen LogP) is 0.330. The second kappa shape index (κ2) is 4.72. The first-order valence-electron chi connectivity index (χ1n) is 5.36. The van der Waals surface area contributed by atoms with Crippen LogP contribution in [-0.2, 0) is 18.3 Å². The van der Waals surface area contributed by atoms with Crippen molar-refractivity contribution in [2.45, 2.75) is 25.4 Å². The lowest BCUT2D eigenvalue weighted by Crippen LogP contribution is -2.35. The molecule has 1 unspecified atom stereocenters. The first kappa shape index (κ1) is 10.6. The third kappa shape index (κ3) is 3.00. The van der Waals surface area contributed by atoms with Crippen molar-refractivity contribution in [3.05, 3.63) is 12.2 Å². The van der Waals surface area contributed by atoms with Crippen molar-refractivity contribution in [3.63, 3.8) is 0 Å². The zero-order chi connectivity index (χ0) is 10.7. The van der Waals surface area contributed by atoms with E-state index in [1.54, 1.807) is 18.1 Å². The Hall–Kier alpha value is -0.940. The third-order valence-electron chi connectivity index (χ3n) is 2.71. The number of methoxy groups -OCH3 is 1. The summed E-state index contributed by atoms with van der Waals surface area (Å²) in [6.45, 7) is 1.50. The highest BCUT2D eigenvalue weighted by Gasteiger charge is 2.30. The van der Waals surface area contributed by atoms with Crippen LogP contribution in [-0.4, -0.2) is 34.5 Å². The molecule has 1 heterocycles. The van der Waals surface area contributed by atoms with Gasteiger partial charge in [-0.05, 0) is 18.8 Å². The first-order valence-corrected chi connectivity index (χ1v) is 5.36. The van der Waals surface area contributed by atoms with Gasteiger partial charge in [-0.25, -0.2) is 4.98 Å². The molecule has 1 aromatic heterocycles. The maximum Gasteiger partial charge on any atom is 0.164 e. The van der Waals surface area contributed by atoms with E-state index >= 15 is 0 Å². The number of hydrogen-bond acceptors (Lipinski definition) is 4. The molecule has 5 nitrogen and oxygen atoms in total. The normalized spacial score (nSPS) is 18.0. The highest BCUT2D eigenvalue weighted by atomic mass is 16.5. The van der Waals surface area contributed by atoms with Gasteiger partial charge in [-0.15, -0.1) is 0 Å². The molecule has 1 atom stereocenters. The largest absolute Gasteiger partial charge is 0.383 e. The van der Waals surface area contributed by atoms with Gasteiger partial charge in [-0.1, -0.05) is 0 Å². The van der Waals surface area contributed by atoms with E-state index in [0.717, 1.165) is 24.9 Å². The summed E-state index contributed by atoms with van der Waals surface area (Å²) in [4.78, 5) is 4.18. The van der Waals surface area contributed by atoms with Crippen molar-refractivity contribution in [2.75, 3.05) is 13.7 Å². The maximum atomic E-state index is 5.19. The molecule has 15 heavy (non-hydrogen) atoms. The van der Waals surface area contributed by atoms with Crippen LogP contribution in [0.1, 0.15) is 18.7 Å². The van der Waals surface area contributed by atoms with E-state index in [4.69, 9.17) is 4.74 Å². The Balaban J connectivity index is 1.79. The van der Waals surface area contributed by atoms with Crippen LogP contribution in [0.15, 0.2) is 6.33 Å². The summed E-state index contributed by atoms with van der Waals surface area (Å²) in [6.07, 6.45) is 4.35. The average Bonchev–Trinajstić information content (AvgIpc) is 2.97. The molecule has 0 bridgehead atoms. The van der Waals surface area contributed by atoms with Crippen LogP contribution in [0.4, 0.5) is 0 Å². The highest BCUT2D eigenvalue weighted by Crippen LogP contribution is 2.32. The summed E-state index contributed by atoms with van der Waals surface area (Å²) in [7, 11) is 3.63. The van der Waals surface area contributed by atoms with E-state index in [0.29, 0.717) is 6.04 Å². The van der Waals surface area contributed by atoms with Crippen LogP contribution in [0, 0.1) is 5.92 Å². The number of ether oxygens (including phenoxy) is 1. The monoisotopic (exact) mass is 210 g/mol. The molecule has 0 aliphatic heterocycles. The lowest BCUT2D eigenvalue weighted by Gasteiger charge is -2.15. The van der Waals surface area contributed by atoms with Gasteiger partial charge >= 0.3 is 0 Å².